The first kappa shape index (κ1) is 16.7. The number of aryl methyl sites for hydroxylation is 1. The minimum absolute atomic E-state index is 0.197. The lowest BCUT2D eigenvalue weighted by Gasteiger charge is -2.13. The molecule has 0 fully saturated rings. The van der Waals surface area contributed by atoms with Gasteiger partial charge in [0, 0.05) is 6.92 Å². The van der Waals surface area contributed by atoms with Gasteiger partial charge in [-0.05, 0) is 32.4 Å². The molecule has 21 heavy (non-hydrogen) atoms. The third-order valence-electron chi connectivity index (χ3n) is 2.48. The van der Waals surface area contributed by atoms with Crippen LogP contribution < -0.4 is 5.32 Å². The minimum Gasteiger partial charge on any atom is -0.460 e. The molecule has 1 rings (SSSR count). The Hall–Kier alpha value is -2.37. The Bertz CT molecular complexity index is 551. The van der Waals surface area contributed by atoms with E-state index in [0.29, 0.717) is 5.69 Å². The first-order chi connectivity index (χ1) is 9.81. The van der Waals surface area contributed by atoms with Crippen LogP contribution in [0.4, 0.5) is 5.69 Å². The SMILES string of the molecule is CC(=O)Nc1c(C)cccc1C(=O)OCC(=O)OC(C)C. The number of carbonyl (C=O) groups excluding carboxylic acids is 3. The van der Waals surface area contributed by atoms with Crippen LogP contribution >= 0.6 is 0 Å². The molecule has 0 saturated heterocycles. The van der Waals surface area contributed by atoms with Crippen molar-refractivity contribution in [1.82, 2.24) is 0 Å². The largest absolute Gasteiger partial charge is 0.460 e. The zero-order chi connectivity index (χ0) is 16.0. The van der Waals surface area contributed by atoms with Gasteiger partial charge in [0.05, 0.1) is 17.4 Å². The molecule has 0 atom stereocenters. The van der Waals surface area contributed by atoms with E-state index in [2.05, 4.69) is 5.32 Å². The maximum atomic E-state index is 12.0. The van der Waals surface area contributed by atoms with Crippen LogP contribution in [0.25, 0.3) is 0 Å². The zero-order valence-corrected chi connectivity index (χ0v) is 12.6. The Kier molecular flexibility index (Phi) is 5.90. The van der Waals surface area contributed by atoms with Crippen molar-refractivity contribution in [2.45, 2.75) is 33.8 Å². The Labute approximate surface area is 123 Å². The first-order valence-electron chi connectivity index (χ1n) is 6.55. The summed E-state index contributed by atoms with van der Waals surface area (Å²) >= 11 is 0. The number of rotatable bonds is 5. The molecule has 0 aliphatic carbocycles. The van der Waals surface area contributed by atoms with E-state index < -0.39 is 18.5 Å². The van der Waals surface area contributed by atoms with Crippen molar-refractivity contribution in [2.75, 3.05) is 11.9 Å². The van der Waals surface area contributed by atoms with Crippen molar-refractivity contribution in [3.63, 3.8) is 0 Å². The summed E-state index contributed by atoms with van der Waals surface area (Å²) in [5.74, 6) is -1.60. The number of benzene rings is 1. The van der Waals surface area contributed by atoms with E-state index in [1.54, 1.807) is 32.9 Å². The molecule has 1 N–H and O–H groups in total. The molecule has 6 nitrogen and oxygen atoms in total. The van der Waals surface area contributed by atoms with E-state index in [1.807, 2.05) is 0 Å². The number of nitrogens with one attached hydrogen (secondary N) is 1. The van der Waals surface area contributed by atoms with Crippen LogP contribution in [-0.2, 0) is 19.1 Å². The topological polar surface area (TPSA) is 81.7 Å². The van der Waals surface area contributed by atoms with E-state index in [9.17, 15) is 14.4 Å². The highest BCUT2D eigenvalue weighted by atomic mass is 16.6. The lowest BCUT2D eigenvalue weighted by molar-refractivity contribution is -0.151. The standard InChI is InChI=1S/C15H19NO5/c1-9(2)21-13(18)8-20-15(19)12-7-5-6-10(3)14(12)16-11(4)17/h5-7,9H,8H2,1-4H3,(H,16,17). The highest BCUT2D eigenvalue weighted by Crippen LogP contribution is 2.21. The molecule has 1 amide bonds. The second kappa shape index (κ2) is 7.42. The van der Waals surface area contributed by atoms with E-state index in [0.717, 1.165) is 5.56 Å². The quantitative estimate of drug-likeness (QED) is 0.840. The molecular weight excluding hydrogens is 274 g/mol. The maximum absolute atomic E-state index is 12.0. The van der Waals surface area contributed by atoms with Crippen LogP contribution in [0.2, 0.25) is 0 Å². The number of amides is 1. The fraction of sp³-hybridized carbons (Fsp3) is 0.400. The average Bonchev–Trinajstić information content (AvgIpc) is 2.37. The van der Waals surface area contributed by atoms with Crippen LogP contribution in [0.15, 0.2) is 18.2 Å². The first-order valence-corrected chi connectivity index (χ1v) is 6.55. The van der Waals surface area contributed by atoms with Gasteiger partial charge in [-0.1, -0.05) is 12.1 Å². The van der Waals surface area contributed by atoms with Crippen molar-refractivity contribution in [2.24, 2.45) is 0 Å². The second-order valence-electron chi connectivity index (χ2n) is 4.79. The van der Waals surface area contributed by atoms with Gasteiger partial charge < -0.3 is 14.8 Å². The van der Waals surface area contributed by atoms with E-state index in [-0.39, 0.29) is 17.6 Å². The number of anilines is 1. The molecule has 0 saturated carbocycles. The van der Waals surface area contributed by atoms with Gasteiger partial charge in [0.1, 0.15) is 0 Å². The Morgan fingerprint density at radius 2 is 1.90 bits per heavy atom. The molecule has 114 valence electrons. The summed E-state index contributed by atoms with van der Waals surface area (Å²) in [5, 5.41) is 2.59. The summed E-state index contributed by atoms with van der Waals surface area (Å²) in [6, 6.07) is 4.95. The maximum Gasteiger partial charge on any atom is 0.344 e. The molecule has 0 unspecified atom stereocenters. The van der Waals surface area contributed by atoms with Gasteiger partial charge in [0.15, 0.2) is 6.61 Å². The van der Waals surface area contributed by atoms with Crippen molar-refractivity contribution >= 4 is 23.5 Å². The summed E-state index contributed by atoms with van der Waals surface area (Å²) in [6.45, 7) is 6.05. The van der Waals surface area contributed by atoms with Gasteiger partial charge >= 0.3 is 11.9 Å². The molecule has 1 aromatic rings. The molecule has 0 heterocycles. The smallest absolute Gasteiger partial charge is 0.344 e. The summed E-state index contributed by atoms with van der Waals surface area (Å²) in [6.07, 6.45) is -0.273. The summed E-state index contributed by atoms with van der Waals surface area (Å²) in [4.78, 5) is 34.5. The van der Waals surface area contributed by atoms with Crippen molar-refractivity contribution < 1.29 is 23.9 Å². The minimum atomic E-state index is -0.692. The number of para-hydroxylation sites is 1. The second-order valence-corrected chi connectivity index (χ2v) is 4.79. The molecule has 0 bridgehead atoms. The van der Waals surface area contributed by atoms with E-state index in [1.165, 1.54) is 13.0 Å². The van der Waals surface area contributed by atoms with Crippen molar-refractivity contribution in [3.05, 3.63) is 29.3 Å². The summed E-state index contributed by atoms with van der Waals surface area (Å²) in [7, 11) is 0. The summed E-state index contributed by atoms with van der Waals surface area (Å²) in [5.41, 5.74) is 1.30. The lowest BCUT2D eigenvalue weighted by atomic mass is 10.1. The number of carbonyl (C=O) groups is 3. The average molecular weight is 293 g/mol. The van der Waals surface area contributed by atoms with Gasteiger partial charge in [0.2, 0.25) is 5.91 Å². The van der Waals surface area contributed by atoms with Gasteiger partial charge in [-0.3, -0.25) is 4.79 Å². The highest BCUT2D eigenvalue weighted by molar-refractivity contribution is 6.02. The fourth-order valence-corrected chi connectivity index (χ4v) is 1.68. The fourth-order valence-electron chi connectivity index (χ4n) is 1.68. The van der Waals surface area contributed by atoms with Gasteiger partial charge in [0.25, 0.3) is 0 Å². The Morgan fingerprint density at radius 1 is 1.24 bits per heavy atom. The predicted molar refractivity (Wildman–Crippen MR) is 77.0 cm³/mol. The summed E-state index contributed by atoms with van der Waals surface area (Å²) < 4.78 is 9.77. The molecule has 0 aromatic heterocycles. The third kappa shape index (κ3) is 5.25. The lowest BCUT2D eigenvalue weighted by Crippen LogP contribution is -2.20. The molecule has 0 radical (unpaired) electrons. The highest BCUT2D eigenvalue weighted by Gasteiger charge is 2.17. The number of hydrogen-bond acceptors (Lipinski definition) is 5. The molecule has 0 aliphatic heterocycles. The van der Waals surface area contributed by atoms with Crippen molar-refractivity contribution in [3.8, 4) is 0 Å². The zero-order valence-electron chi connectivity index (χ0n) is 12.6. The van der Waals surface area contributed by atoms with Gasteiger partial charge in [-0.25, -0.2) is 9.59 Å². The normalized spacial score (nSPS) is 10.1. The van der Waals surface area contributed by atoms with Gasteiger partial charge in [-0.2, -0.15) is 0 Å². The van der Waals surface area contributed by atoms with Crippen LogP contribution in [0.5, 0.6) is 0 Å². The molecular formula is C15H19NO5. The monoisotopic (exact) mass is 293 g/mol. The molecule has 0 spiro atoms. The molecule has 1 aromatic carbocycles. The molecule has 6 heteroatoms. The Morgan fingerprint density at radius 3 is 2.48 bits per heavy atom. The molecule has 0 aliphatic rings. The van der Waals surface area contributed by atoms with Crippen LogP contribution in [-0.4, -0.2) is 30.6 Å². The third-order valence-corrected chi connectivity index (χ3v) is 2.48. The number of ether oxygens (including phenoxy) is 2. The van der Waals surface area contributed by atoms with Crippen molar-refractivity contribution in [1.29, 1.82) is 0 Å². The van der Waals surface area contributed by atoms with Crippen LogP contribution in [0.3, 0.4) is 0 Å². The van der Waals surface area contributed by atoms with E-state index >= 15 is 0 Å². The van der Waals surface area contributed by atoms with Gasteiger partial charge in [-0.15, -0.1) is 0 Å². The van der Waals surface area contributed by atoms with E-state index in [4.69, 9.17) is 9.47 Å². The number of esters is 2. The Balaban J connectivity index is 2.80. The number of hydrogen-bond donors (Lipinski definition) is 1. The van der Waals surface area contributed by atoms with Crippen LogP contribution in [0, 0.1) is 6.92 Å². The predicted octanol–water partition coefficient (Wildman–Crippen LogP) is 2.06. The van der Waals surface area contributed by atoms with Crippen LogP contribution in [0.1, 0.15) is 36.7 Å².